The number of aryl methyl sites for hydroxylation is 1. The highest BCUT2D eigenvalue weighted by Crippen LogP contribution is 2.18. The fourth-order valence-electron chi connectivity index (χ4n) is 4.76. The van der Waals surface area contributed by atoms with Crippen LogP contribution in [0, 0.1) is 6.92 Å². The lowest BCUT2D eigenvalue weighted by Crippen LogP contribution is -3.00. The van der Waals surface area contributed by atoms with Gasteiger partial charge in [-0.2, -0.15) is 4.57 Å². The maximum atomic E-state index is 12.5. The number of ether oxygens (including phenoxy) is 1. The maximum absolute atomic E-state index is 12.5. The van der Waals surface area contributed by atoms with Gasteiger partial charge in [0.1, 0.15) is 23.8 Å². The van der Waals surface area contributed by atoms with Crippen molar-refractivity contribution in [2.24, 2.45) is 7.05 Å². The SMILES string of the molecule is CCCCCCCCCCCCCCOc1ccc(CC(=O)Nc2ccc(-n3ccn(C)[c+]3C)cc2)cc1.[I-]. The Morgan fingerprint density at radius 2 is 1.36 bits per heavy atom. The minimum Gasteiger partial charge on any atom is -1.00 e. The highest BCUT2D eigenvalue weighted by atomic mass is 127. The Morgan fingerprint density at radius 3 is 1.90 bits per heavy atom. The third-order valence-corrected chi connectivity index (χ3v) is 7.28. The quantitative estimate of drug-likeness (QED) is 0.110. The van der Waals surface area contributed by atoms with E-state index in [0.29, 0.717) is 6.42 Å². The zero-order valence-corrected chi connectivity index (χ0v) is 26.4. The number of imidazole rings is 1. The van der Waals surface area contributed by atoms with Crippen molar-refractivity contribution >= 4 is 11.6 Å². The van der Waals surface area contributed by atoms with Crippen LogP contribution in [0.3, 0.4) is 0 Å². The van der Waals surface area contributed by atoms with Gasteiger partial charge in [-0.3, -0.25) is 9.36 Å². The molecule has 5 nitrogen and oxygen atoms in total. The van der Waals surface area contributed by atoms with Crippen LogP contribution in [-0.4, -0.2) is 21.6 Å². The first-order chi connectivity index (χ1) is 18.6. The van der Waals surface area contributed by atoms with Gasteiger partial charge in [-0.15, -0.1) is 0 Å². The van der Waals surface area contributed by atoms with Crippen LogP contribution in [0.5, 0.6) is 5.75 Å². The van der Waals surface area contributed by atoms with Crippen LogP contribution in [0.2, 0.25) is 0 Å². The summed E-state index contributed by atoms with van der Waals surface area (Å²) in [5.41, 5.74) is 2.85. The fraction of sp³-hybridized carbons (Fsp3) is 0.515. The summed E-state index contributed by atoms with van der Waals surface area (Å²) in [7, 11) is 2.03. The molecule has 0 unspecified atom stereocenters. The number of benzene rings is 2. The molecule has 0 aliphatic heterocycles. The van der Waals surface area contributed by atoms with Crippen molar-refractivity contribution in [2.45, 2.75) is 97.3 Å². The van der Waals surface area contributed by atoms with Gasteiger partial charge in [-0.05, 0) is 36.2 Å². The van der Waals surface area contributed by atoms with Gasteiger partial charge < -0.3 is 34.0 Å². The Labute approximate surface area is 253 Å². The van der Waals surface area contributed by atoms with E-state index in [1.165, 1.54) is 70.6 Å². The number of hydrogen-bond donors (Lipinski definition) is 1. The van der Waals surface area contributed by atoms with Crippen LogP contribution in [-0.2, 0) is 18.3 Å². The lowest BCUT2D eigenvalue weighted by molar-refractivity contribution is -0.115. The molecular weight excluding hydrogens is 597 g/mol. The number of amides is 1. The molecule has 3 rings (SSSR count). The van der Waals surface area contributed by atoms with Gasteiger partial charge in [0.2, 0.25) is 5.91 Å². The fourth-order valence-corrected chi connectivity index (χ4v) is 4.76. The third kappa shape index (κ3) is 12.1. The minimum absolute atomic E-state index is 0. The normalized spacial score (nSPS) is 10.7. The molecule has 1 heterocycles. The molecule has 0 atom stereocenters. The molecule has 1 amide bonds. The summed E-state index contributed by atoms with van der Waals surface area (Å²) in [5, 5.41) is 3.00. The molecule has 3 aromatic rings. The zero-order chi connectivity index (χ0) is 27.0. The summed E-state index contributed by atoms with van der Waals surface area (Å²) >= 11 is 0. The molecule has 2 aromatic carbocycles. The molecule has 1 aromatic heterocycles. The number of rotatable bonds is 18. The smallest absolute Gasteiger partial charge is 0.228 e. The first-order valence-electron chi connectivity index (χ1n) is 14.7. The lowest BCUT2D eigenvalue weighted by atomic mass is 10.1. The third-order valence-electron chi connectivity index (χ3n) is 7.28. The number of carbonyl (C=O) groups excluding carboxylic acids is 1. The van der Waals surface area contributed by atoms with E-state index < -0.39 is 0 Å². The number of anilines is 1. The minimum atomic E-state index is -0.0218. The summed E-state index contributed by atoms with van der Waals surface area (Å²) in [6.45, 7) is 5.11. The van der Waals surface area contributed by atoms with E-state index in [1.807, 2.05) is 68.0 Å². The second-order valence-corrected chi connectivity index (χ2v) is 10.5. The van der Waals surface area contributed by atoms with E-state index in [4.69, 9.17) is 4.74 Å². The molecule has 0 bridgehead atoms. The van der Waals surface area contributed by atoms with Gasteiger partial charge >= 0.3 is 0 Å². The molecule has 0 radical (unpaired) electrons. The first-order valence-corrected chi connectivity index (χ1v) is 14.7. The molecule has 214 valence electrons. The monoisotopic (exact) mass is 645 g/mol. The van der Waals surface area contributed by atoms with E-state index in [2.05, 4.69) is 28.3 Å². The van der Waals surface area contributed by atoms with Crippen molar-refractivity contribution in [1.82, 2.24) is 9.13 Å². The van der Waals surface area contributed by atoms with Crippen LogP contribution < -0.4 is 34.0 Å². The van der Waals surface area contributed by atoms with Gasteiger partial charge in [-0.1, -0.05) is 89.7 Å². The highest BCUT2D eigenvalue weighted by Gasteiger charge is 2.11. The predicted molar refractivity (Wildman–Crippen MR) is 159 cm³/mol. The van der Waals surface area contributed by atoms with Crippen molar-refractivity contribution in [3.63, 3.8) is 0 Å². The molecule has 0 spiro atoms. The zero-order valence-electron chi connectivity index (χ0n) is 24.3. The van der Waals surface area contributed by atoms with Crippen LogP contribution in [0.15, 0.2) is 60.9 Å². The van der Waals surface area contributed by atoms with Crippen LogP contribution in [0.4, 0.5) is 5.69 Å². The van der Waals surface area contributed by atoms with Gasteiger partial charge in [-0.25, -0.2) is 0 Å². The molecule has 0 fully saturated rings. The number of nitrogens with zero attached hydrogens (tertiary/aromatic N) is 2. The number of unbranched alkanes of at least 4 members (excludes halogenated alkanes) is 11. The summed E-state index contributed by atoms with van der Waals surface area (Å²) in [5.74, 6) is 2.00. The van der Waals surface area contributed by atoms with Crippen molar-refractivity contribution in [3.8, 4) is 11.4 Å². The van der Waals surface area contributed by atoms with Gasteiger partial charge in [0.15, 0.2) is 5.82 Å². The average Bonchev–Trinajstić information content (AvgIpc) is 3.26. The van der Waals surface area contributed by atoms with E-state index >= 15 is 0 Å². The van der Waals surface area contributed by atoms with Gasteiger partial charge in [0.25, 0.3) is 0 Å². The van der Waals surface area contributed by atoms with Crippen molar-refractivity contribution < 1.29 is 33.5 Å². The predicted octanol–water partition coefficient (Wildman–Crippen LogP) is 5.67. The molecule has 1 N–H and O–H groups in total. The highest BCUT2D eigenvalue weighted by molar-refractivity contribution is 5.92. The Morgan fingerprint density at radius 1 is 0.795 bits per heavy atom. The van der Waals surface area contributed by atoms with Gasteiger partial charge in [0.05, 0.1) is 13.0 Å². The summed E-state index contributed by atoms with van der Waals surface area (Å²) < 4.78 is 10.1. The number of nitrogens with one attached hydrogen (secondary N) is 1. The molecule has 0 saturated heterocycles. The van der Waals surface area contributed by atoms with E-state index in [9.17, 15) is 4.79 Å². The molecule has 39 heavy (non-hydrogen) atoms. The number of hydrogen-bond acceptors (Lipinski definition) is 2. The number of carbonyl (C=O) groups is 1. The molecule has 0 saturated carbocycles. The number of halogens is 1. The molecule has 6 heteroatoms. The van der Waals surface area contributed by atoms with Crippen molar-refractivity contribution in [3.05, 3.63) is 72.3 Å². The second kappa shape index (κ2) is 18.9. The first kappa shape index (κ1) is 32.9. The van der Waals surface area contributed by atoms with Crippen molar-refractivity contribution in [1.29, 1.82) is 0 Å². The van der Waals surface area contributed by atoms with Crippen molar-refractivity contribution in [2.75, 3.05) is 11.9 Å². The standard InChI is InChI=1S/C33H47N3O2.HI/c1-4-5-6-7-8-9-10-11-12-13-14-15-26-38-32-22-16-29(17-23-32)27-33(37)34-30-18-20-31(21-19-30)36-25-24-35(3)28(36)2;/h16-25H,4-15,26-27H2,1-3H3;1H. The Bertz CT molecular complexity index is 1080. The van der Waals surface area contributed by atoms with E-state index in [0.717, 1.165) is 41.5 Å². The average molecular weight is 646 g/mol. The van der Waals surface area contributed by atoms with E-state index in [-0.39, 0.29) is 29.9 Å². The topological polar surface area (TPSA) is 48.2 Å². The summed E-state index contributed by atoms with van der Waals surface area (Å²) in [6.07, 6.45) is 20.6. The largest absolute Gasteiger partial charge is 1.00 e. The Kier molecular flexibility index (Phi) is 15.9. The number of aromatic nitrogens is 2. The Hall–Kier alpha value is -2.35. The summed E-state index contributed by atoms with van der Waals surface area (Å²) in [4.78, 5) is 12.5. The van der Waals surface area contributed by atoms with Crippen LogP contribution in [0.1, 0.15) is 95.4 Å². The van der Waals surface area contributed by atoms with E-state index in [1.54, 1.807) is 0 Å². The maximum Gasteiger partial charge on any atom is 0.228 e. The second-order valence-electron chi connectivity index (χ2n) is 10.5. The lowest BCUT2D eigenvalue weighted by Gasteiger charge is -2.08. The molecule has 0 aliphatic carbocycles. The Balaban J connectivity index is 0.00000533. The molecular formula is C33H48IN3O2. The molecule has 0 aliphatic rings. The van der Waals surface area contributed by atoms with Crippen LogP contribution in [0.25, 0.3) is 5.69 Å². The summed E-state index contributed by atoms with van der Waals surface area (Å²) in [6, 6.07) is 15.8. The van der Waals surface area contributed by atoms with Gasteiger partial charge in [0, 0.05) is 31.8 Å². The van der Waals surface area contributed by atoms with Crippen LogP contribution >= 0.6 is 0 Å².